The highest BCUT2D eigenvalue weighted by molar-refractivity contribution is 7.89. The maximum atomic E-state index is 11.7. The Morgan fingerprint density at radius 1 is 1.17 bits per heavy atom. The first kappa shape index (κ1) is 21.3. The summed E-state index contributed by atoms with van der Waals surface area (Å²) in [5.74, 6) is -2.49. The molecule has 10 heteroatoms. The number of carbonyl (C=O) groups is 3. The first-order chi connectivity index (χ1) is 10.5. The van der Waals surface area contributed by atoms with Crippen molar-refractivity contribution >= 4 is 27.8 Å². The lowest BCUT2D eigenvalue weighted by atomic mass is 10.0. The van der Waals surface area contributed by atoms with E-state index in [4.69, 9.17) is 5.11 Å². The summed E-state index contributed by atoms with van der Waals surface area (Å²) >= 11 is 0. The third kappa shape index (κ3) is 8.50. The number of hydrogen-bond donors (Lipinski definition) is 3. The fourth-order valence-electron chi connectivity index (χ4n) is 1.69. The van der Waals surface area contributed by atoms with Crippen molar-refractivity contribution in [2.45, 2.75) is 33.2 Å². The van der Waals surface area contributed by atoms with Gasteiger partial charge < -0.3 is 15.7 Å². The molecule has 0 radical (unpaired) electrons. The highest BCUT2D eigenvalue weighted by atomic mass is 32.2. The van der Waals surface area contributed by atoms with Gasteiger partial charge in [0, 0.05) is 7.05 Å². The van der Waals surface area contributed by atoms with E-state index in [1.807, 2.05) is 13.8 Å². The summed E-state index contributed by atoms with van der Waals surface area (Å²) < 4.78 is 23.9. The summed E-state index contributed by atoms with van der Waals surface area (Å²) in [6, 6.07) is -1.03. The molecule has 0 saturated heterocycles. The van der Waals surface area contributed by atoms with Gasteiger partial charge in [-0.1, -0.05) is 13.8 Å². The second-order valence-corrected chi connectivity index (χ2v) is 7.89. The molecule has 1 atom stereocenters. The number of hydrogen-bond acceptors (Lipinski definition) is 5. The van der Waals surface area contributed by atoms with E-state index in [9.17, 15) is 22.8 Å². The second-order valence-electron chi connectivity index (χ2n) is 5.52. The maximum absolute atomic E-state index is 11.7. The van der Waals surface area contributed by atoms with E-state index in [2.05, 4.69) is 10.6 Å². The van der Waals surface area contributed by atoms with Gasteiger partial charge in [0.05, 0.1) is 18.8 Å². The minimum absolute atomic E-state index is 0.0823. The lowest BCUT2D eigenvalue weighted by Crippen LogP contribution is -2.47. The van der Waals surface area contributed by atoms with Crippen LogP contribution >= 0.6 is 0 Å². The topological polar surface area (TPSA) is 133 Å². The second kappa shape index (κ2) is 9.46. The molecule has 0 aliphatic heterocycles. The Morgan fingerprint density at radius 2 is 1.74 bits per heavy atom. The Kier molecular flexibility index (Phi) is 8.77. The lowest BCUT2D eigenvalue weighted by Gasteiger charge is -2.17. The van der Waals surface area contributed by atoms with Crippen LogP contribution in [0.4, 0.5) is 0 Å². The van der Waals surface area contributed by atoms with Gasteiger partial charge in [0.2, 0.25) is 21.8 Å². The SMILES string of the molecule is CCS(=O)(=O)N(C)CC(=O)NCC(=O)N[C@@H](CC(C)C)C(=O)O. The van der Waals surface area contributed by atoms with Crippen molar-refractivity contribution in [3.05, 3.63) is 0 Å². The van der Waals surface area contributed by atoms with Gasteiger partial charge in [-0.25, -0.2) is 13.2 Å². The van der Waals surface area contributed by atoms with Crippen molar-refractivity contribution < 1.29 is 27.9 Å². The van der Waals surface area contributed by atoms with E-state index < -0.39 is 46.9 Å². The molecule has 0 aliphatic rings. The van der Waals surface area contributed by atoms with E-state index in [0.717, 1.165) is 4.31 Å². The molecule has 0 spiro atoms. The van der Waals surface area contributed by atoms with Gasteiger partial charge in [0.1, 0.15) is 6.04 Å². The number of carboxylic acid groups (broad SMARTS) is 1. The van der Waals surface area contributed by atoms with Crippen molar-refractivity contribution in [3.63, 3.8) is 0 Å². The molecule has 0 rings (SSSR count). The third-order valence-corrected chi connectivity index (χ3v) is 4.80. The normalized spacial score (nSPS) is 13.0. The lowest BCUT2D eigenvalue weighted by molar-refractivity contribution is -0.142. The summed E-state index contributed by atoms with van der Waals surface area (Å²) in [7, 11) is -2.22. The minimum atomic E-state index is -3.48. The smallest absolute Gasteiger partial charge is 0.326 e. The molecular weight excluding hydrogens is 326 g/mol. The van der Waals surface area contributed by atoms with E-state index >= 15 is 0 Å². The molecule has 3 N–H and O–H groups in total. The molecule has 0 aromatic rings. The summed E-state index contributed by atoms with van der Waals surface area (Å²) in [5, 5.41) is 13.6. The van der Waals surface area contributed by atoms with Crippen molar-refractivity contribution in [3.8, 4) is 0 Å². The molecule has 0 aromatic heterocycles. The molecule has 0 heterocycles. The van der Waals surface area contributed by atoms with Crippen molar-refractivity contribution in [1.82, 2.24) is 14.9 Å². The predicted molar refractivity (Wildman–Crippen MR) is 84.1 cm³/mol. The molecule has 0 unspecified atom stereocenters. The molecule has 23 heavy (non-hydrogen) atoms. The molecule has 0 saturated carbocycles. The van der Waals surface area contributed by atoms with Crippen molar-refractivity contribution in [2.24, 2.45) is 5.92 Å². The molecule has 2 amide bonds. The van der Waals surface area contributed by atoms with Crippen LogP contribution in [0.15, 0.2) is 0 Å². The molecule has 0 bridgehead atoms. The number of carbonyl (C=O) groups excluding carboxylic acids is 2. The van der Waals surface area contributed by atoms with Crippen LogP contribution in [0.2, 0.25) is 0 Å². The van der Waals surface area contributed by atoms with E-state index in [1.54, 1.807) is 0 Å². The van der Waals surface area contributed by atoms with Crippen LogP contribution in [0.3, 0.4) is 0 Å². The molecule has 0 fully saturated rings. The van der Waals surface area contributed by atoms with Crippen LogP contribution in [0, 0.1) is 5.92 Å². The number of nitrogens with zero attached hydrogens (tertiary/aromatic N) is 1. The molecule has 0 aliphatic carbocycles. The number of nitrogens with one attached hydrogen (secondary N) is 2. The Morgan fingerprint density at radius 3 is 2.17 bits per heavy atom. The highest BCUT2D eigenvalue weighted by Crippen LogP contribution is 2.04. The van der Waals surface area contributed by atoms with Crippen LogP contribution in [0.25, 0.3) is 0 Å². The van der Waals surface area contributed by atoms with Gasteiger partial charge >= 0.3 is 5.97 Å². The third-order valence-electron chi connectivity index (χ3n) is 2.99. The number of rotatable bonds is 10. The van der Waals surface area contributed by atoms with Crippen LogP contribution in [0.1, 0.15) is 27.2 Å². The van der Waals surface area contributed by atoms with E-state index in [1.165, 1.54) is 14.0 Å². The van der Waals surface area contributed by atoms with Gasteiger partial charge in [-0.15, -0.1) is 0 Å². The van der Waals surface area contributed by atoms with Crippen LogP contribution in [0.5, 0.6) is 0 Å². The number of sulfonamides is 1. The average Bonchev–Trinajstić information content (AvgIpc) is 2.43. The van der Waals surface area contributed by atoms with E-state index in [-0.39, 0.29) is 18.1 Å². The maximum Gasteiger partial charge on any atom is 0.326 e. The predicted octanol–water partition coefficient (Wildman–Crippen LogP) is -1.00. The zero-order valence-electron chi connectivity index (χ0n) is 13.8. The Labute approximate surface area is 136 Å². The first-order valence-corrected chi connectivity index (χ1v) is 8.83. The highest BCUT2D eigenvalue weighted by Gasteiger charge is 2.22. The fraction of sp³-hybridized carbons (Fsp3) is 0.769. The summed E-state index contributed by atoms with van der Waals surface area (Å²) in [5.41, 5.74) is 0. The quantitative estimate of drug-likeness (QED) is 0.462. The Balaban J connectivity index is 4.37. The van der Waals surface area contributed by atoms with Crippen LogP contribution in [-0.2, 0) is 24.4 Å². The summed E-state index contributed by atoms with van der Waals surface area (Å²) in [6.07, 6.45) is 0.270. The number of carboxylic acids is 1. The minimum Gasteiger partial charge on any atom is -0.480 e. The van der Waals surface area contributed by atoms with Gasteiger partial charge in [-0.05, 0) is 19.3 Å². The zero-order valence-corrected chi connectivity index (χ0v) is 14.6. The van der Waals surface area contributed by atoms with Crippen LogP contribution < -0.4 is 10.6 Å². The Bertz CT molecular complexity index is 532. The standard InChI is InChI=1S/C13H25N3O6S/c1-5-23(21,22)16(4)8-12(18)14-7-11(17)15-10(13(19)20)6-9(2)3/h9-10H,5-8H2,1-4H3,(H,14,18)(H,15,17)(H,19,20)/t10-/m0/s1. The number of likely N-dealkylation sites (N-methyl/N-ethyl adjacent to an activating group) is 1. The molecule has 9 nitrogen and oxygen atoms in total. The summed E-state index contributed by atoms with van der Waals surface area (Å²) in [6.45, 7) is 4.29. The summed E-state index contributed by atoms with van der Waals surface area (Å²) in [4.78, 5) is 34.3. The van der Waals surface area contributed by atoms with Crippen molar-refractivity contribution in [2.75, 3.05) is 25.9 Å². The number of amides is 2. The van der Waals surface area contributed by atoms with Crippen LogP contribution in [-0.4, -0.2) is 67.5 Å². The van der Waals surface area contributed by atoms with Crippen molar-refractivity contribution in [1.29, 1.82) is 0 Å². The fourth-order valence-corrected chi connectivity index (χ4v) is 2.45. The zero-order chi connectivity index (χ0) is 18.2. The molecule has 134 valence electrons. The molecular formula is C13H25N3O6S. The Hall–Kier alpha value is -1.68. The van der Waals surface area contributed by atoms with Gasteiger partial charge in [0.15, 0.2) is 0 Å². The van der Waals surface area contributed by atoms with Gasteiger partial charge in [0.25, 0.3) is 0 Å². The average molecular weight is 351 g/mol. The van der Waals surface area contributed by atoms with Gasteiger partial charge in [-0.2, -0.15) is 4.31 Å². The molecule has 0 aromatic carbocycles. The van der Waals surface area contributed by atoms with Gasteiger partial charge in [-0.3, -0.25) is 9.59 Å². The largest absolute Gasteiger partial charge is 0.480 e. The van der Waals surface area contributed by atoms with E-state index in [0.29, 0.717) is 0 Å². The number of aliphatic carboxylic acids is 1. The first-order valence-electron chi connectivity index (χ1n) is 7.22. The monoisotopic (exact) mass is 351 g/mol.